The third-order valence-corrected chi connectivity index (χ3v) is 7.67. The van der Waals surface area contributed by atoms with E-state index in [4.69, 9.17) is 4.43 Å². The van der Waals surface area contributed by atoms with Gasteiger partial charge >= 0.3 is 0 Å². The molecule has 0 rings (SSSR count). The third kappa shape index (κ3) is 4.79. The third-order valence-electron chi connectivity index (χ3n) is 2.96. The molecule has 0 saturated carbocycles. The highest BCUT2D eigenvalue weighted by Crippen LogP contribution is 2.22. The summed E-state index contributed by atoms with van der Waals surface area (Å²) in [5.41, 5.74) is 0. The van der Waals surface area contributed by atoms with Crippen molar-refractivity contribution in [2.75, 3.05) is 27.7 Å². The van der Waals surface area contributed by atoms with E-state index in [0.717, 1.165) is 0 Å². The lowest BCUT2D eigenvalue weighted by Gasteiger charge is -2.27. The zero-order valence-corrected chi connectivity index (χ0v) is 10.9. The van der Waals surface area contributed by atoms with Gasteiger partial charge in [0.05, 0.1) is 0 Å². The second-order valence-corrected chi connectivity index (χ2v) is 8.69. The van der Waals surface area contributed by atoms with Crippen LogP contribution < -0.4 is 0 Å². The van der Waals surface area contributed by atoms with Gasteiger partial charge in [-0.25, -0.2) is 0 Å². The minimum atomic E-state index is -1.31. The molecule has 0 amide bonds. The van der Waals surface area contributed by atoms with Crippen LogP contribution in [0.15, 0.2) is 0 Å². The van der Waals surface area contributed by atoms with Crippen LogP contribution >= 0.6 is 0 Å². The number of rotatable bonds is 7. The van der Waals surface area contributed by atoms with Crippen LogP contribution in [0.2, 0.25) is 18.1 Å². The molecule has 2 nitrogen and oxygen atoms in total. The lowest BCUT2D eigenvalue weighted by Crippen LogP contribution is -2.35. The Morgan fingerprint density at radius 1 is 1.15 bits per heavy atom. The lowest BCUT2D eigenvalue weighted by molar-refractivity contribution is 0.374. The first-order valence-electron chi connectivity index (χ1n) is 5.30. The Bertz CT molecular complexity index is 116. The highest BCUT2D eigenvalue weighted by molar-refractivity contribution is 6.73. The first-order valence-corrected chi connectivity index (χ1v) is 7.83. The van der Waals surface area contributed by atoms with E-state index in [0.29, 0.717) is 0 Å². The zero-order chi connectivity index (χ0) is 10.3. The van der Waals surface area contributed by atoms with Crippen molar-refractivity contribution in [1.29, 1.82) is 0 Å². The first kappa shape index (κ1) is 13.1. The summed E-state index contributed by atoms with van der Waals surface area (Å²) >= 11 is 0. The van der Waals surface area contributed by atoms with Crippen molar-refractivity contribution in [3.63, 3.8) is 0 Å². The van der Waals surface area contributed by atoms with Gasteiger partial charge in [0.2, 0.25) is 0 Å². The van der Waals surface area contributed by atoms with Crippen LogP contribution in [0.5, 0.6) is 0 Å². The molecule has 0 atom stereocenters. The van der Waals surface area contributed by atoms with Gasteiger partial charge in [0.1, 0.15) is 0 Å². The highest BCUT2D eigenvalue weighted by Gasteiger charge is 2.28. The Hall–Kier alpha value is 0.137. The Morgan fingerprint density at radius 2 is 1.69 bits per heavy atom. The molecule has 0 radical (unpaired) electrons. The molecule has 3 heteroatoms. The smallest absolute Gasteiger partial charge is 0.191 e. The van der Waals surface area contributed by atoms with E-state index < -0.39 is 8.32 Å². The van der Waals surface area contributed by atoms with Gasteiger partial charge in [0, 0.05) is 7.11 Å². The second kappa shape index (κ2) is 6.57. The maximum absolute atomic E-state index is 5.74. The molecular formula is C10H25NOSi. The number of hydrogen-bond acceptors (Lipinski definition) is 2. The van der Waals surface area contributed by atoms with E-state index in [-0.39, 0.29) is 0 Å². The van der Waals surface area contributed by atoms with Crippen molar-refractivity contribution in [2.24, 2.45) is 0 Å². The molecule has 0 aromatic carbocycles. The fourth-order valence-electron chi connectivity index (χ4n) is 1.71. The predicted molar refractivity (Wildman–Crippen MR) is 61.7 cm³/mol. The summed E-state index contributed by atoms with van der Waals surface area (Å²) in [7, 11) is 4.85. The van der Waals surface area contributed by atoms with E-state index in [2.05, 4.69) is 32.8 Å². The molecule has 0 N–H and O–H groups in total. The molecule has 0 fully saturated rings. The van der Waals surface area contributed by atoms with Crippen molar-refractivity contribution in [3.8, 4) is 0 Å². The van der Waals surface area contributed by atoms with Gasteiger partial charge in [-0.15, -0.1) is 0 Å². The van der Waals surface area contributed by atoms with Gasteiger partial charge in [-0.05, 0) is 45.2 Å². The van der Waals surface area contributed by atoms with Gasteiger partial charge in [0.25, 0.3) is 0 Å². The first-order chi connectivity index (χ1) is 6.10. The molecule has 13 heavy (non-hydrogen) atoms. The topological polar surface area (TPSA) is 12.5 Å². The van der Waals surface area contributed by atoms with Gasteiger partial charge in [-0.2, -0.15) is 0 Å². The van der Waals surface area contributed by atoms with E-state index in [1.807, 2.05) is 7.11 Å². The molecular weight excluding hydrogens is 178 g/mol. The van der Waals surface area contributed by atoms with Crippen LogP contribution in [0.3, 0.4) is 0 Å². The molecule has 0 bridgehead atoms. The van der Waals surface area contributed by atoms with E-state index >= 15 is 0 Å². The average Bonchev–Trinajstić information content (AvgIpc) is 2.13. The summed E-state index contributed by atoms with van der Waals surface area (Å²) in [4.78, 5) is 2.25. The normalized spacial score (nSPS) is 12.5. The molecule has 80 valence electrons. The lowest BCUT2D eigenvalue weighted by atomic mass is 10.5. The Labute approximate surface area is 84.4 Å². The van der Waals surface area contributed by atoms with Gasteiger partial charge in [-0.1, -0.05) is 13.8 Å². The SMILES string of the molecule is CC[Si](CC)(CCCN(C)C)OC. The Kier molecular flexibility index (Phi) is 6.64. The van der Waals surface area contributed by atoms with Crippen LogP contribution in [-0.4, -0.2) is 41.0 Å². The van der Waals surface area contributed by atoms with Gasteiger partial charge in [0.15, 0.2) is 8.32 Å². The van der Waals surface area contributed by atoms with E-state index in [9.17, 15) is 0 Å². The Balaban J connectivity index is 3.81. The van der Waals surface area contributed by atoms with Crippen LogP contribution in [0.25, 0.3) is 0 Å². The van der Waals surface area contributed by atoms with Gasteiger partial charge < -0.3 is 9.33 Å². The van der Waals surface area contributed by atoms with Crippen LogP contribution in [-0.2, 0) is 4.43 Å². The summed E-state index contributed by atoms with van der Waals surface area (Å²) in [5, 5.41) is 0. The molecule has 0 heterocycles. The van der Waals surface area contributed by atoms with Crippen molar-refractivity contribution in [2.45, 2.75) is 38.4 Å². The standard InChI is InChI=1S/C10H25NOSi/c1-6-13(7-2,12-5)10-8-9-11(3)4/h6-10H2,1-5H3. The molecule has 0 saturated heterocycles. The van der Waals surface area contributed by atoms with Crippen molar-refractivity contribution < 1.29 is 4.43 Å². The zero-order valence-electron chi connectivity index (χ0n) is 9.89. The summed E-state index contributed by atoms with van der Waals surface area (Å²) in [6.07, 6.45) is 1.29. The summed E-state index contributed by atoms with van der Waals surface area (Å²) in [5.74, 6) is 0. The molecule has 0 aliphatic carbocycles. The molecule has 0 unspecified atom stereocenters. The molecule has 0 aliphatic rings. The highest BCUT2D eigenvalue weighted by atomic mass is 28.4. The monoisotopic (exact) mass is 203 g/mol. The second-order valence-electron chi connectivity index (χ2n) is 4.00. The minimum Gasteiger partial charge on any atom is -0.420 e. The largest absolute Gasteiger partial charge is 0.420 e. The Morgan fingerprint density at radius 3 is 2.00 bits per heavy atom. The molecule has 0 aromatic heterocycles. The average molecular weight is 203 g/mol. The van der Waals surface area contributed by atoms with Crippen molar-refractivity contribution in [1.82, 2.24) is 4.90 Å². The van der Waals surface area contributed by atoms with Crippen molar-refractivity contribution in [3.05, 3.63) is 0 Å². The maximum Gasteiger partial charge on any atom is 0.191 e. The molecule has 0 spiro atoms. The summed E-state index contributed by atoms with van der Waals surface area (Å²) in [6.45, 7) is 5.74. The maximum atomic E-state index is 5.74. The minimum absolute atomic E-state index is 1.19. The van der Waals surface area contributed by atoms with Crippen LogP contribution in [0, 0.1) is 0 Å². The quantitative estimate of drug-likeness (QED) is 0.590. The van der Waals surface area contributed by atoms with Gasteiger partial charge in [-0.3, -0.25) is 0 Å². The van der Waals surface area contributed by atoms with Crippen LogP contribution in [0.4, 0.5) is 0 Å². The fraction of sp³-hybridized carbons (Fsp3) is 1.00. The predicted octanol–water partition coefficient (Wildman–Crippen LogP) is 2.57. The number of hydrogen-bond donors (Lipinski definition) is 0. The van der Waals surface area contributed by atoms with Crippen molar-refractivity contribution >= 4 is 8.32 Å². The molecule has 0 aliphatic heterocycles. The molecule has 0 aromatic rings. The number of nitrogens with zero attached hydrogens (tertiary/aromatic N) is 1. The fourth-order valence-corrected chi connectivity index (χ4v) is 4.50. The van der Waals surface area contributed by atoms with Crippen LogP contribution in [0.1, 0.15) is 20.3 Å². The summed E-state index contributed by atoms with van der Waals surface area (Å²) in [6, 6.07) is 3.83. The summed E-state index contributed by atoms with van der Waals surface area (Å²) < 4.78 is 5.74. The van der Waals surface area contributed by atoms with E-state index in [1.165, 1.54) is 31.1 Å². The van der Waals surface area contributed by atoms with E-state index in [1.54, 1.807) is 0 Å².